The van der Waals surface area contributed by atoms with Crippen molar-refractivity contribution in [3.63, 3.8) is 0 Å². The zero-order chi connectivity index (χ0) is 9.26. The van der Waals surface area contributed by atoms with Crippen LogP contribution in [-0.2, 0) is 6.42 Å². The molecule has 1 atom stereocenters. The highest BCUT2D eigenvalue weighted by Gasteiger charge is 2.27. The summed E-state index contributed by atoms with van der Waals surface area (Å²) in [6, 6.07) is 0.537. The molecular weight excluding hydrogens is 162 g/mol. The Bertz CT molecular complexity index is 275. The Balaban J connectivity index is 2.05. The lowest BCUT2D eigenvalue weighted by atomic mass is 10.1. The highest BCUT2D eigenvalue weighted by Crippen LogP contribution is 2.40. The maximum absolute atomic E-state index is 4.12. The molecule has 1 aromatic rings. The van der Waals surface area contributed by atoms with Crippen LogP contribution in [0.2, 0.25) is 0 Å². The molecule has 72 valence electrons. The Morgan fingerprint density at radius 2 is 2.46 bits per heavy atom. The number of nitrogens with one attached hydrogen (secondary N) is 2. The molecule has 0 bridgehead atoms. The average molecular weight is 179 g/mol. The molecule has 2 rings (SSSR count). The number of aromatic nitrogens is 2. The standard InChI is InChI=1S/C10H17N3/c1-7(11-2)5-9-6-12-13-10(9)8-3-4-8/h6-8,11H,3-5H2,1-2H3,(H,12,13). The van der Waals surface area contributed by atoms with Gasteiger partial charge in [-0.1, -0.05) is 0 Å². The maximum atomic E-state index is 4.12. The quantitative estimate of drug-likeness (QED) is 0.734. The van der Waals surface area contributed by atoms with E-state index in [1.54, 1.807) is 0 Å². The van der Waals surface area contributed by atoms with E-state index >= 15 is 0 Å². The molecule has 1 unspecified atom stereocenters. The molecule has 3 nitrogen and oxygen atoms in total. The molecule has 0 saturated heterocycles. The lowest BCUT2D eigenvalue weighted by Crippen LogP contribution is -2.23. The summed E-state index contributed by atoms with van der Waals surface area (Å²) in [5.41, 5.74) is 2.77. The van der Waals surface area contributed by atoms with Crippen LogP contribution >= 0.6 is 0 Å². The van der Waals surface area contributed by atoms with Crippen LogP contribution in [0.1, 0.15) is 36.9 Å². The van der Waals surface area contributed by atoms with Gasteiger partial charge in [0.2, 0.25) is 0 Å². The second-order valence-electron chi connectivity index (χ2n) is 3.98. The number of hydrogen-bond donors (Lipinski definition) is 2. The van der Waals surface area contributed by atoms with Gasteiger partial charge in [0.05, 0.1) is 6.20 Å². The minimum Gasteiger partial charge on any atom is -0.317 e. The van der Waals surface area contributed by atoms with Crippen LogP contribution in [0.4, 0.5) is 0 Å². The second kappa shape index (κ2) is 3.50. The van der Waals surface area contributed by atoms with Gasteiger partial charge in [-0.25, -0.2) is 0 Å². The van der Waals surface area contributed by atoms with Crippen LogP contribution in [0.5, 0.6) is 0 Å². The Morgan fingerprint density at radius 1 is 1.69 bits per heavy atom. The molecule has 0 aliphatic heterocycles. The molecule has 1 aliphatic carbocycles. The zero-order valence-corrected chi connectivity index (χ0v) is 8.30. The van der Waals surface area contributed by atoms with Crippen LogP contribution < -0.4 is 5.32 Å². The molecule has 0 amide bonds. The van der Waals surface area contributed by atoms with Gasteiger partial charge in [-0.3, -0.25) is 5.10 Å². The maximum Gasteiger partial charge on any atom is 0.0522 e. The van der Waals surface area contributed by atoms with Gasteiger partial charge in [0.15, 0.2) is 0 Å². The summed E-state index contributed by atoms with van der Waals surface area (Å²) in [4.78, 5) is 0. The van der Waals surface area contributed by atoms with Gasteiger partial charge in [-0.05, 0) is 38.8 Å². The lowest BCUT2D eigenvalue weighted by Gasteiger charge is -2.09. The van der Waals surface area contributed by atoms with E-state index in [4.69, 9.17) is 0 Å². The van der Waals surface area contributed by atoms with Gasteiger partial charge >= 0.3 is 0 Å². The monoisotopic (exact) mass is 179 g/mol. The van der Waals surface area contributed by atoms with Gasteiger partial charge < -0.3 is 5.32 Å². The van der Waals surface area contributed by atoms with E-state index in [0.717, 1.165) is 12.3 Å². The second-order valence-corrected chi connectivity index (χ2v) is 3.98. The molecule has 0 aromatic carbocycles. The molecular formula is C10H17N3. The van der Waals surface area contributed by atoms with Crippen LogP contribution in [0.15, 0.2) is 6.20 Å². The normalized spacial score (nSPS) is 18.9. The summed E-state index contributed by atoms with van der Waals surface area (Å²) >= 11 is 0. The first-order valence-corrected chi connectivity index (χ1v) is 5.00. The molecule has 1 fully saturated rings. The topological polar surface area (TPSA) is 40.7 Å². The lowest BCUT2D eigenvalue weighted by molar-refractivity contribution is 0.606. The van der Waals surface area contributed by atoms with Crippen LogP contribution in [0, 0.1) is 0 Å². The molecule has 3 heteroatoms. The predicted octanol–water partition coefficient (Wildman–Crippen LogP) is 1.44. The molecule has 1 saturated carbocycles. The van der Waals surface area contributed by atoms with Crippen molar-refractivity contribution in [3.05, 3.63) is 17.5 Å². The highest BCUT2D eigenvalue weighted by molar-refractivity contribution is 5.24. The molecule has 1 heterocycles. The van der Waals surface area contributed by atoms with E-state index in [2.05, 4.69) is 22.4 Å². The van der Waals surface area contributed by atoms with E-state index in [1.165, 1.54) is 24.1 Å². The van der Waals surface area contributed by atoms with Gasteiger partial charge in [0.25, 0.3) is 0 Å². The average Bonchev–Trinajstić information content (AvgIpc) is 2.88. The number of nitrogens with zero attached hydrogens (tertiary/aromatic N) is 1. The molecule has 0 spiro atoms. The minimum atomic E-state index is 0.537. The third kappa shape index (κ3) is 1.91. The fourth-order valence-electron chi connectivity index (χ4n) is 1.64. The summed E-state index contributed by atoms with van der Waals surface area (Å²) in [6.45, 7) is 2.20. The van der Waals surface area contributed by atoms with Crippen molar-refractivity contribution < 1.29 is 0 Å². The molecule has 2 N–H and O–H groups in total. The number of H-pyrrole nitrogens is 1. The van der Waals surface area contributed by atoms with Crippen molar-refractivity contribution in [2.24, 2.45) is 0 Å². The number of hydrogen-bond acceptors (Lipinski definition) is 2. The van der Waals surface area contributed by atoms with Gasteiger partial charge in [-0.15, -0.1) is 0 Å². The first-order chi connectivity index (χ1) is 6.31. The number of rotatable bonds is 4. The number of aromatic amines is 1. The summed E-state index contributed by atoms with van der Waals surface area (Å²) in [7, 11) is 2.00. The predicted molar refractivity (Wildman–Crippen MR) is 52.8 cm³/mol. The molecule has 0 radical (unpaired) electrons. The van der Waals surface area contributed by atoms with Crippen molar-refractivity contribution in [2.75, 3.05) is 7.05 Å². The van der Waals surface area contributed by atoms with E-state index < -0.39 is 0 Å². The van der Waals surface area contributed by atoms with E-state index in [1.807, 2.05) is 13.2 Å². The zero-order valence-electron chi connectivity index (χ0n) is 8.30. The van der Waals surface area contributed by atoms with E-state index in [9.17, 15) is 0 Å². The van der Waals surface area contributed by atoms with Crippen molar-refractivity contribution in [2.45, 2.75) is 38.1 Å². The first-order valence-electron chi connectivity index (χ1n) is 5.00. The first kappa shape index (κ1) is 8.75. The molecule has 13 heavy (non-hydrogen) atoms. The van der Waals surface area contributed by atoms with Crippen molar-refractivity contribution >= 4 is 0 Å². The SMILES string of the molecule is CNC(C)Cc1cn[nH]c1C1CC1. The fourth-order valence-corrected chi connectivity index (χ4v) is 1.64. The minimum absolute atomic E-state index is 0.537. The van der Waals surface area contributed by atoms with E-state index in [0.29, 0.717) is 6.04 Å². The summed E-state index contributed by atoms with van der Waals surface area (Å²) in [5, 5.41) is 10.5. The van der Waals surface area contributed by atoms with Crippen molar-refractivity contribution in [1.82, 2.24) is 15.5 Å². The molecule has 1 aromatic heterocycles. The fraction of sp³-hybridized carbons (Fsp3) is 0.700. The third-order valence-electron chi connectivity index (χ3n) is 2.76. The Kier molecular flexibility index (Phi) is 2.36. The Labute approximate surface area is 78.9 Å². The largest absolute Gasteiger partial charge is 0.317 e. The summed E-state index contributed by atoms with van der Waals surface area (Å²) in [6.07, 6.45) is 5.73. The summed E-state index contributed by atoms with van der Waals surface area (Å²) < 4.78 is 0. The third-order valence-corrected chi connectivity index (χ3v) is 2.76. The van der Waals surface area contributed by atoms with Crippen molar-refractivity contribution in [1.29, 1.82) is 0 Å². The molecule has 1 aliphatic rings. The van der Waals surface area contributed by atoms with Crippen LogP contribution in [0.3, 0.4) is 0 Å². The van der Waals surface area contributed by atoms with Gasteiger partial charge in [-0.2, -0.15) is 5.10 Å². The van der Waals surface area contributed by atoms with Gasteiger partial charge in [0, 0.05) is 17.7 Å². The van der Waals surface area contributed by atoms with Crippen LogP contribution in [-0.4, -0.2) is 23.3 Å². The Morgan fingerprint density at radius 3 is 3.08 bits per heavy atom. The smallest absolute Gasteiger partial charge is 0.0522 e. The van der Waals surface area contributed by atoms with Crippen molar-refractivity contribution in [3.8, 4) is 0 Å². The Hall–Kier alpha value is -0.830. The van der Waals surface area contributed by atoms with Crippen LogP contribution in [0.25, 0.3) is 0 Å². The van der Waals surface area contributed by atoms with E-state index in [-0.39, 0.29) is 0 Å². The van der Waals surface area contributed by atoms with Gasteiger partial charge in [0.1, 0.15) is 0 Å². The highest BCUT2D eigenvalue weighted by atomic mass is 15.1. The number of likely N-dealkylation sites (N-methyl/N-ethyl adjacent to an activating group) is 1. The summed E-state index contributed by atoms with van der Waals surface area (Å²) in [5.74, 6) is 0.779.